The molecular weight excluding hydrogens is 194 g/mol. The number of hydrogen-bond donors (Lipinski definition) is 1. The largest absolute Gasteiger partial charge is 0.370 e. The highest BCUT2D eigenvalue weighted by Gasteiger charge is 2.21. The van der Waals surface area contributed by atoms with Gasteiger partial charge < -0.3 is 14.6 Å². The molecule has 0 bridgehead atoms. The molecule has 5 heteroatoms. The summed E-state index contributed by atoms with van der Waals surface area (Å²) in [4.78, 5) is 4.33. The SMILES string of the molecule is CNCCc1nc(C2CCCCO2)no1. The summed E-state index contributed by atoms with van der Waals surface area (Å²) in [5.41, 5.74) is 0. The fourth-order valence-electron chi connectivity index (χ4n) is 1.68. The van der Waals surface area contributed by atoms with Gasteiger partial charge in [0.25, 0.3) is 0 Å². The first-order chi connectivity index (χ1) is 7.40. The van der Waals surface area contributed by atoms with Crippen LogP contribution in [0.4, 0.5) is 0 Å². The molecule has 0 saturated carbocycles. The first kappa shape index (κ1) is 10.6. The molecule has 0 amide bonds. The summed E-state index contributed by atoms with van der Waals surface area (Å²) in [5, 5.41) is 7.00. The number of rotatable bonds is 4. The maximum Gasteiger partial charge on any atom is 0.228 e. The van der Waals surface area contributed by atoms with E-state index in [1.54, 1.807) is 0 Å². The summed E-state index contributed by atoms with van der Waals surface area (Å²) in [6, 6.07) is 0. The quantitative estimate of drug-likeness (QED) is 0.807. The molecule has 1 aromatic rings. The van der Waals surface area contributed by atoms with Crippen LogP contribution < -0.4 is 5.32 Å². The lowest BCUT2D eigenvalue weighted by Gasteiger charge is -2.18. The van der Waals surface area contributed by atoms with Crippen molar-refractivity contribution in [3.63, 3.8) is 0 Å². The van der Waals surface area contributed by atoms with Crippen LogP contribution in [-0.2, 0) is 11.2 Å². The Bertz CT molecular complexity index is 295. The molecule has 15 heavy (non-hydrogen) atoms. The Hall–Kier alpha value is -0.940. The van der Waals surface area contributed by atoms with Crippen molar-refractivity contribution in [3.8, 4) is 0 Å². The van der Waals surface area contributed by atoms with E-state index < -0.39 is 0 Å². The molecule has 0 spiro atoms. The van der Waals surface area contributed by atoms with E-state index in [4.69, 9.17) is 9.26 Å². The zero-order valence-corrected chi connectivity index (χ0v) is 9.03. The van der Waals surface area contributed by atoms with E-state index in [0.29, 0.717) is 11.7 Å². The standard InChI is InChI=1S/C10H17N3O2/c1-11-6-5-9-12-10(13-15-9)8-4-2-3-7-14-8/h8,11H,2-7H2,1H3. The Morgan fingerprint density at radius 1 is 1.47 bits per heavy atom. The molecule has 1 saturated heterocycles. The van der Waals surface area contributed by atoms with Gasteiger partial charge in [-0.25, -0.2) is 0 Å². The van der Waals surface area contributed by atoms with E-state index in [2.05, 4.69) is 15.5 Å². The molecule has 2 rings (SSSR count). The lowest BCUT2D eigenvalue weighted by molar-refractivity contribution is 0.00821. The second-order valence-electron chi connectivity index (χ2n) is 3.76. The summed E-state index contributed by atoms with van der Waals surface area (Å²) in [7, 11) is 1.90. The van der Waals surface area contributed by atoms with E-state index in [0.717, 1.165) is 32.4 Å². The number of nitrogens with zero attached hydrogens (tertiary/aromatic N) is 2. The third kappa shape index (κ3) is 2.76. The fraction of sp³-hybridized carbons (Fsp3) is 0.800. The van der Waals surface area contributed by atoms with Gasteiger partial charge in [-0.15, -0.1) is 0 Å². The van der Waals surface area contributed by atoms with Crippen LogP contribution in [0.5, 0.6) is 0 Å². The molecule has 1 unspecified atom stereocenters. The lowest BCUT2D eigenvalue weighted by atomic mass is 10.1. The lowest BCUT2D eigenvalue weighted by Crippen LogP contribution is -2.13. The molecule has 84 valence electrons. The van der Waals surface area contributed by atoms with E-state index in [-0.39, 0.29) is 6.10 Å². The van der Waals surface area contributed by atoms with Gasteiger partial charge in [-0.1, -0.05) is 5.16 Å². The summed E-state index contributed by atoms with van der Waals surface area (Å²) in [6.45, 7) is 1.66. The van der Waals surface area contributed by atoms with Crippen LogP contribution in [-0.4, -0.2) is 30.3 Å². The highest BCUT2D eigenvalue weighted by atomic mass is 16.5. The summed E-state index contributed by atoms with van der Waals surface area (Å²) >= 11 is 0. The van der Waals surface area contributed by atoms with Crippen molar-refractivity contribution in [2.75, 3.05) is 20.2 Å². The average Bonchev–Trinajstić information content (AvgIpc) is 2.76. The van der Waals surface area contributed by atoms with Crippen LogP contribution in [0.3, 0.4) is 0 Å². The fourth-order valence-corrected chi connectivity index (χ4v) is 1.68. The molecule has 1 atom stereocenters. The van der Waals surface area contributed by atoms with Gasteiger partial charge >= 0.3 is 0 Å². The Balaban J connectivity index is 1.93. The number of ether oxygens (including phenoxy) is 1. The zero-order chi connectivity index (χ0) is 10.5. The third-order valence-electron chi connectivity index (χ3n) is 2.54. The first-order valence-electron chi connectivity index (χ1n) is 5.49. The van der Waals surface area contributed by atoms with Crippen LogP contribution in [0.1, 0.15) is 37.1 Å². The normalized spacial score (nSPS) is 21.8. The number of likely N-dealkylation sites (N-methyl/N-ethyl adjacent to an activating group) is 1. The highest BCUT2D eigenvalue weighted by molar-refractivity contribution is 4.92. The molecule has 0 aromatic carbocycles. The van der Waals surface area contributed by atoms with Crippen LogP contribution in [0, 0.1) is 0 Å². The Morgan fingerprint density at radius 3 is 3.13 bits per heavy atom. The monoisotopic (exact) mass is 211 g/mol. The summed E-state index contributed by atoms with van der Waals surface area (Å²) in [6.07, 6.45) is 4.15. The van der Waals surface area contributed by atoms with Gasteiger partial charge in [0.1, 0.15) is 6.10 Å². The minimum Gasteiger partial charge on any atom is -0.370 e. The van der Waals surface area contributed by atoms with Crippen molar-refractivity contribution in [1.29, 1.82) is 0 Å². The maximum absolute atomic E-state index is 5.58. The van der Waals surface area contributed by atoms with Crippen LogP contribution >= 0.6 is 0 Å². The molecule has 1 fully saturated rings. The number of nitrogens with one attached hydrogen (secondary N) is 1. The van der Waals surface area contributed by atoms with Gasteiger partial charge in [0.2, 0.25) is 11.7 Å². The Labute approximate surface area is 89.2 Å². The van der Waals surface area contributed by atoms with Crippen molar-refractivity contribution in [1.82, 2.24) is 15.5 Å². The molecule has 2 heterocycles. The van der Waals surface area contributed by atoms with Crippen molar-refractivity contribution < 1.29 is 9.26 Å². The smallest absolute Gasteiger partial charge is 0.228 e. The van der Waals surface area contributed by atoms with Crippen molar-refractivity contribution >= 4 is 0 Å². The Morgan fingerprint density at radius 2 is 2.40 bits per heavy atom. The molecule has 1 N–H and O–H groups in total. The van der Waals surface area contributed by atoms with Gasteiger partial charge in [-0.05, 0) is 26.3 Å². The predicted octanol–water partition coefficient (Wildman–Crippen LogP) is 1.07. The second-order valence-corrected chi connectivity index (χ2v) is 3.76. The van der Waals surface area contributed by atoms with Crippen LogP contribution in [0.25, 0.3) is 0 Å². The predicted molar refractivity (Wildman–Crippen MR) is 54.5 cm³/mol. The van der Waals surface area contributed by atoms with E-state index in [9.17, 15) is 0 Å². The minimum absolute atomic E-state index is 0.0471. The Kier molecular flexibility index (Phi) is 3.69. The van der Waals surface area contributed by atoms with Gasteiger partial charge in [0.05, 0.1) is 0 Å². The minimum atomic E-state index is 0.0471. The van der Waals surface area contributed by atoms with Crippen molar-refractivity contribution in [2.45, 2.75) is 31.8 Å². The molecule has 0 radical (unpaired) electrons. The van der Waals surface area contributed by atoms with E-state index >= 15 is 0 Å². The first-order valence-corrected chi connectivity index (χ1v) is 5.49. The van der Waals surface area contributed by atoms with Crippen molar-refractivity contribution in [2.24, 2.45) is 0 Å². The van der Waals surface area contributed by atoms with Gasteiger partial charge in [0, 0.05) is 19.6 Å². The van der Waals surface area contributed by atoms with Crippen LogP contribution in [0.15, 0.2) is 4.52 Å². The summed E-state index contributed by atoms with van der Waals surface area (Å²) < 4.78 is 10.7. The van der Waals surface area contributed by atoms with E-state index in [1.165, 1.54) is 6.42 Å². The molecule has 1 aliphatic rings. The zero-order valence-electron chi connectivity index (χ0n) is 9.03. The van der Waals surface area contributed by atoms with Gasteiger partial charge in [-0.3, -0.25) is 0 Å². The number of hydrogen-bond acceptors (Lipinski definition) is 5. The average molecular weight is 211 g/mol. The van der Waals surface area contributed by atoms with Gasteiger partial charge in [0.15, 0.2) is 0 Å². The third-order valence-corrected chi connectivity index (χ3v) is 2.54. The van der Waals surface area contributed by atoms with Crippen molar-refractivity contribution in [3.05, 3.63) is 11.7 Å². The molecule has 1 aromatic heterocycles. The second kappa shape index (κ2) is 5.23. The molecular formula is C10H17N3O2. The highest BCUT2D eigenvalue weighted by Crippen LogP contribution is 2.25. The van der Waals surface area contributed by atoms with Crippen LogP contribution in [0.2, 0.25) is 0 Å². The number of aromatic nitrogens is 2. The molecule has 1 aliphatic heterocycles. The molecule has 5 nitrogen and oxygen atoms in total. The van der Waals surface area contributed by atoms with E-state index in [1.807, 2.05) is 7.05 Å². The topological polar surface area (TPSA) is 60.2 Å². The molecule has 0 aliphatic carbocycles. The summed E-state index contributed by atoms with van der Waals surface area (Å²) in [5.74, 6) is 1.40. The van der Waals surface area contributed by atoms with Gasteiger partial charge in [-0.2, -0.15) is 4.98 Å². The maximum atomic E-state index is 5.58.